The molecule has 2 rings (SSSR count). The molecule has 1 aromatic rings. The van der Waals surface area contributed by atoms with Crippen LogP contribution < -0.4 is 11.2 Å². The number of H-pyrrole nitrogens is 1. The molecule has 110 valence electrons. The minimum atomic E-state index is -1.22. The molecule has 0 aromatic carbocycles. The topological polar surface area (TPSA) is 142 Å². The molecule has 1 fully saturated rings. The third kappa shape index (κ3) is 2.64. The number of aliphatic hydroxyl groups excluding tert-OH is 2. The number of carboxylic acids is 1. The second-order valence-corrected chi connectivity index (χ2v) is 4.52. The van der Waals surface area contributed by atoms with Crippen LogP contribution in [0.1, 0.15) is 12.6 Å². The van der Waals surface area contributed by atoms with Crippen LogP contribution >= 0.6 is 0 Å². The summed E-state index contributed by atoms with van der Waals surface area (Å²) in [4.78, 5) is 35.6. The molecule has 0 bridgehead atoms. The number of carbonyl (C=O) groups is 1. The van der Waals surface area contributed by atoms with E-state index in [2.05, 4.69) is 0 Å². The summed E-state index contributed by atoms with van der Waals surface area (Å²) in [5, 5.41) is 27.9. The SMILES string of the molecule is O=C(O)C[C@@H]1[C@H](O)[C@@H](CO)O[C@H]1n1ccc(=O)[nH]c1=O. The van der Waals surface area contributed by atoms with Gasteiger partial charge in [0.2, 0.25) is 0 Å². The molecule has 0 aliphatic carbocycles. The largest absolute Gasteiger partial charge is 0.481 e. The third-order valence-electron chi connectivity index (χ3n) is 3.22. The van der Waals surface area contributed by atoms with Gasteiger partial charge in [-0.15, -0.1) is 0 Å². The summed E-state index contributed by atoms with van der Waals surface area (Å²) in [6.45, 7) is -0.508. The van der Waals surface area contributed by atoms with E-state index < -0.39 is 54.6 Å². The van der Waals surface area contributed by atoms with Crippen LogP contribution in [-0.2, 0) is 9.53 Å². The van der Waals surface area contributed by atoms with Crippen molar-refractivity contribution in [3.63, 3.8) is 0 Å². The van der Waals surface area contributed by atoms with Crippen LogP contribution in [0.4, 0.5) is 0 Å². The predicted octanol–water partition coefficient (Wildman–Crippen LogP) is -2.12. The van der Waals surface area contributed by atoms with E-state index in [1.54, 1.807) is 0 Å². The molecule has 1 saturated heterocycles. The number of aliphatic hydroxyl groups is 2. The molecule has 0 unspecified atom stereocenters. The lowest BCUT2D eigenvalue weighted by Crippen LogP contribution is -2.35. The van der Waals surface area contributed by atoms with Gasteiger partial charge in [0.1, 0.15) is 12.3 Å². The molecule has 1 aliphatic rings. The van der Waals surface area contributed by atoms with Gasteiger partial charge in [-0.1, -0.05) is 0 Å². The van der Waals surface area contributed by atoms with Gasteiger partial charge >= 0.3 is 11.7 Å². The molecule has 0 amide bonds. The number of aliphatic carboxylic acids is 1. The van der Waals surface area contributed by atoms with E-state index in [0.717, 1.165) is 16.8 Å². The highest BCUT2D eigenvalue weighted by molar-refractivity contribution is 5.67. The van der Waals surface area contributed by atoms with Crippen LogP contribution in [0.15, 0.2) is 21.9 Å². The molecule has 0 spiro atoms. The van der Waals surface area contributed by atoms with E-state index in [1.165, 1.54) is 0 Å². The zero-order valence-corrected chi connectivity index (χ0v) is 10.3. The Balaban J connectivity index is 2.39. The summed E-state index contributed by atoms with van der Waals surface area (Å²) in [5.41, 5.74) is -1.37. The van der Waals surface area contributed by atoms with Gasteiger partial charge in [-0.3, -0.25) is 19.1 Å². The van der Waals surface area contributed by atoms with Gasteiger partial charge in [-0.05, 0) is 0 Å². The second-order valence-electron chi connectivity index (χ2n) is 4.52. The summed E-state index contributed by atoms with van der Waals surface area (Å²) in [6, 6.07) is 1.08. The molecular weight excluding hydrogens is 272 g/mol. The number of nitrogens with one attached hydrogen (secondary N) is 1. The average Bonchev–Trinajstić information content (AvgIpc) is 2.66. The smallest absolute Gasteiger partial charge is 0.330 e. The molecule has 9 nitrogen and oxygen atoms in total. The van der Waals surface area contributed by atoms with E-state index in [-0.39, 0.29) is 0 Å². The van der Waals surface area contributed by atoms with E-state index in [4.69, 9.17) is 14.9 Å². The van der Waals surface area contributed by atoms with E-state index in [1.807, 2.05) is 4.98 Å². The van der Waals surface area contributed by atoms with Crippen LogP contribution in [-0.4, -0.2) is 49.7 Å². The van der Waals surface area contributed by atoms with Crippen molar-refractivity contribution in [2.45, 2.75) is 24.9 Å². The zero-order chi connectivity index (χ0) is 14.9. The van der Waals surface area contributed by atoms with Gasteiger partial charge in [0, 0.05) is 18.2 Å². The van der Waals surface area contributed by atoms with Crippen LogP contribution in [0.25, 0.3) is 0 Å². The lowest BCUT2D eigenvalue weighted by Gasteiger charge is -2.19. The molecule has 20 heavy (non-hydrogen) atoms. The van der Waals surface area contributed by atoms with Gasteiger partial charge in [-0.2, -0.15) is 0 Å². The Morgan fingerprint density at radius 2 is 2.15 bits per heavy atom. The van der Waals surface area contributed by atoms with Gasteiger partial charge in [0.15, 0.2) is 0 Å². The molecule has 4 atom stereocenters. The number of aromatic nitrogens is 2. The normalized spacial score (nSPS) is 29.5. The van der Waals surface area contributed by atoms with Crippen molar-refractivity contribution < 1.29 is 24.9 Å². The van der Waals surface area contributed by atoms with E-state index in [0.29, 0.717) is 0 Å². The Labute approximate surface area is 112 Å². The van der Waals surface area contributed by atoms with Crippen molar-refractivity contribution in [3.8, 4) is 0 Å². The zero-order valence-electron chi connectivity index (χ0n) is 10.3. The number of hydrogen-bond donors (Lipinski definition) is 4. The van der Waals surface area contributed by atoms with E-state index >= 15 is 0 Å². The van der Waals surface area contributed by atoms with Crippen molar-refractivity contribution in [3.05, 3.63) is 33.1 Å². The first-order chi connectivity index (χ1) is 9.43. The van der Waals surface area contributed by atoms with Crippen LogP contribution in [0, 0.1) is 5.92 Å². The number of aromatic amines is 1. The fraction of sp³-hybridized carbons (Fsp3) is 0.545. The number of nitrogens with zero attached hydrogens (tertiary/aromatic N) is 1. The van der Waals surface area contributed by atoms with Crippen molar-refractivity contribution >= 4 is 5.97 Å². The standard InChI is InChI=1S/C11H14N2O7/c14-4-6-9(18)5(3-8(16)17)10(20-6)13-2-1-7(15)12-11(13)19/h1-2,5-6,9-10,14,18H,3-4H2,(H,16,17)(H,12,15,19)/t5-,6-,9+,10-/m1/s1. The number of ether oxygens (including phenoxy) is 1. The minimum Gasteiger partial charge on any atom is -0.481 e. The Kier molecular flexibility index (Phi) is 4.02. The lowest BCUT2D eigenvalue weighted by atomic mass is 9.96. The maximum Gasteiger partial charge on any atom is 0.330 e. The summed E-state index contributed by atoms with van der Waals surface area (Å²) in [7, 11) is 0. The highest BCUT2D eigenvalue weighted by Crippen LogP contribution is 2.35. The quantitative estimate of drug-likeness (QED) is 0.495. The molecule has 1 aliphatic heterocycles. The van der Waals surface area contributed by atoms with Crippen molar-refractivity contribution in [1.82, 2.24) is 9.55 Å². The predicted molar refractivity (Wildman–Crippen MR) is 64.1 cm³/mol. The number of rotatable bonds is 4. The fourth-order valence-electron chi connectivity index (χ4n) is 2.28. The maximum absolute atomic E-state index is 11.7. The van der Waals surface area contributed by atoms with Gasteiger partial charge in [0.05, 0.1) is 19.1 Å². The Bertz CT molecular complexity index is 607. The highest BCUT2D eigenvalue weighted by Gasteiger charge is 2.45. The molecule has 0 saturated carbocycles. The van der Waals surface area contributed by atoms with Crippen LogP contribution in [0.3, 0.4) is 0 Å². The average molecular weight is 286 g/mol. The maximum atomic E-state index is 11.7. The number of carboxylic acid groups (broad SMARTS) is 1. The minimum absolute atomic E-state index is 0.437. The second kappa shape index (κ2) is 5.57. The highest BCUT2D eigenvalue weighted by atomic mass is 16.5. The monoisotopic (exact) mass is 286 g/mol. The lowest BCUT2D eigenvalue weighted by molar-refractivity contribution is -0.139. The van der Waals surface area contributed by atoms with Gasteiger partial charge < -0.3 is 20.1 Å². The molecular formula is C11H14N2O7. The molecule has 0 radical (unpaired) electrons. The van der Waals surface area contributed by atoms with Crippen molar-refractivity contribution in [2.24, 2.45) is 5.92 Å². The Morgan fingerprint density at radius 3 is 2.70 bits per heavy atom. The number of hydrogen-bond acceptors (Lipinski definition) is 6. The fourth-order valence-corrected chi connectivity index (χ4v) is 2.28. The summed E-state index contributed by atoms with van der Waals surface area (Å²) < 4.78 is 6.31. The van der Waals surface area contributed by atoms with E-state index in [9.17, 15) is 19.5 Å². The molecule has 4 N–H and O–H groups in total. The van der Waals surface area contributed by atoms with Crippen LogP contribution in [0.2, 0.25) is 0 Å². The third-order valence-corrected chi connectivity index (χ3v) is 3.22. The summed E-state index contributed by atoms with van der Waals surface area (Å²) >= 11 is 0. The van der Waals surface area contributed by atoms with Gasteiger partial charge in [-0.25, -0.2) is 4.79 Å². The van der Waals surface area contributed by atoms with Crippen LogP contribution in [0.5, 0.6) is 0 Å². The first-order valence-corrected chi connectivity index (χ1v) is 5.91. The molecule has 2 heterocycles. The molecule has 9 heteroatoms. The Morgan fingerprint density at radius 1 is 1.45 bits per heavy atom. The summed E-state index contributed by atoms with van der Waals surface area (Å²) in [5.74, 6) is -2.08. The Hall–Kier alpha value is -1.97. The van der Waals surface area contributed by atoms with Gasteiger partial charge in [0.25, 0.3) is 5.56 Å². The first-order valence-electron chi connectivity index (χ1n) is 5.91. The van der Waals surface area contributed by atoms with Crippen molar-refractivity contribution in [1.29, 1.82) is 0 Å². The summed E-state index contributed by atoms with van der Waals surface area (Å²) in [6.07, 6.45) is -2.55. The van der Waals surface area contributed by atoms with Crippen molar-refractivity contribution in [2.75, 3.05) is 6.61 Å². The molecule has 1 aromatic heterocycles. The first kappa shape index (κ1) is 14.4.